The normalized spacial score (nSPS) is 11.2. The number of aromatic amines is 1. The van der Waals surface area contributed by atoms with Gasteiger partial charge in [0.2, 0.25) is 5.91 Å². The van der Waals surface area contributed by atoms with E-state index in [1.165, 1.54) is 0 Å². The molecule has 0 unspecified atom stereocenters. The van der Waals surface area contributed by atoms with Crippen LogP contribution in [-0.2, 0) is 6.42 Å². The molecule has 0 aliphatic carbocycles. The molecule has 6 nitrogen and oxygen atoms in total. The summed E-state index contributed by atoms with van der Waals surface area (Å²) in [7, 11) is 5.64. The molecule has 6 heteroatoms. The van der Waals surface area contributed by atoms with Gasteiger partial charge >= 0.3 is 0 Å². The molecule has 3 rings (SSSR count). The number of carbonyl (C=O) groups excluding carboxylic acids is 1. The fourth-order valence-electron chi connectivity index (χ4n) is 2.87. The Morgan fingerprint density at radius 2 is 2.04 bits per heavy atom. The number of rotatable bonds is 6. The van der Waals surface area contributed by atoms with Crippen LogP contribution in [0, 0.1) is 0 Å². The van der Waals surface area contributed by atoms with E-state index in [-0.39, 0.29) is 0 Å². The summed E-state index contributed by atoms with van der Waals surface area (Å²) in [5.74, 6) is 0.366. The zero-order valence-corrected chi connectivity index (χ0v) is 14.7. The van der Waals surface area contributed by atoms with Gasteiger partial charge in [0.15, 0.2) is 0 Å². The van der Waals surface area contributed by atoms with Crippen molar-refractivity contribution >= 4 is 16.8 Å². The van der Waals surface area contributed by atoms with Gasteiger partial charge in [0.05, 0.1) is 12.6 Å². The Bertz CT molecular complexity index is 915. The van der Waals surface area contributed by atoms with Crippen molar-refractivity contribution in [1.29, 1.82) is 0 Å². The number of nitrogens with two attached hydrogens (primary N) is 1. The quantitative estimate of drug-likeness (QED) is 0.723. The van der Waals surface area contributed by atoms with Crippen molar-refractivity contribution in [1.82, 2.24) is 15.1 Å². The lowest BCUT2D eigenvalue weighted by Crippen LogP contribution is -2.19. The second kappa shape index (κ2) is 6.94. The SMILES string of the molecule is COc1ccc2[nH]nc(-c3ccc(C(N)=O)c(CCN(C)C)c3)c2c1. The molecule has 3 aromatic rings. The minimum atomic E-state index is -0.408. The number of methoxy groups -OCH3 is 1. The van der Waals surface area contributed by atoms with Crippen LogP contribution < -0.4 is 10.5 Å². The summed E-state index contributed by atoms with van der Waals surface area (Å²) in [4.78, 5) is 13.8. The summed E-state index contributed by atoms with van der Waals surface area (Å²) in [5.41, 5.74) is 9.72. The molecule has 0 bridgehead atoms. The molecule has 0 atom stereocenters. The summed E-state index contributed by atoms with van der Waals surface area (Å²) in [6.07, 6.45) is 0.741. The number of likely N-dealkylation sites (N-methyl/N-ethyl adjacent to an activating group) is 1. The highest BCUT2D eigenvalue weighted by Crippen LogP contribution is 2.30. The molecule has 0 aliphatic heterocycles. The summed E-state index contributed by atoms with van der Waals surface area (Å²) < 4.78 is 5.31. The number of hydrogen-bond donors (Lipinski definition) is 2. The van der Waals surface area contributed by atoms with Gasteiger partial charge in [-0.25, -0.2) is 0 Å². The van der Waals surface area contributed by atoms with E-state index in [9.17, 15) is 4.79 Å². The van der Waals surface area contributed by atoms with Crippen molar-refractivity contribution in [3.63, 3.8) is 0 Å². The van der Waals surface area contributed by atoms with Gasteiger partial charge in [0, 0.05) is 23.1 Å². The van der Waals surface area contributed by atoms with Crippen molar-refractivity contribution in [2.75, 3.05) is 27.7 Å². The third-order valence-corrected chi connectivity index (χ3v) is 4.24. The van der Waals surface area contributed by atoms with Gasteiger partial charge in [-0.2, -0.15) is 5.10 Å². The monoisotopic (exact) mass is 338 g/mol. The molecule has 0 saturated carbocycles. The summed E-state index contributed by atoms with van der Waals surface area (Å²) in [5, 5.41) is 8.46. The number of amides is 1. The second-order valence-corrected chi connectivity index (χ2v) is 6.27. The number of primary amides is 1. The molecule has 2 aromatic carbocycles. The lowest BCUT2D eigenvalue weighted by molar-refractivity contribution is 0.0999. The topological polar surface area (TPSA) is 84.2 Å². The number of nitrogens with zero attached hydrogens (tertiary/aromatic N) is 2. The summed E-state index contributed by atoms with van der Waals surface area (Å²) >= 11 is 0. The Hall–Kier alpha value is -2.86. The van der Waals surface area contributed by atoms with E-state index in [1.807, 2.05) is 44.4 Å². The molecule has 0 aliphatic rings. The number of H-pyrrole nitrogens is 1. The molecule has 1 amide bonds. The maximum atomic E-state index is 11.7. The fraction of sp³-hybridized carbons (Fsp3) is 0.263. The number of carbonyl (C=O) groups is 1. The van der Waals surface area contributed by atoms with E-state index < -0.39 is 5.91 Å². The van der Waals surface area contributed by atoms with Gasteiger partial charge in [0.1, 0.15) is 11.4 Å². The number of aromatic nitrogens is 2. The Morgan fingerprint density at radius 3 is 2.72 bits per heavy atom. The molecule has 0 spiro atoms. The largest absolute Gasteiger partial charge is 0.497 e. The van der Waals surface area contributed by atoms with Crippen LogP contribution in [0.4, 0.5) is 0 Å². The van der Waals surface area contributed by atoms with E-state index in [0.717, 1.165) is 46.4 Å². The van der Waals surface area contributed by atoms with Crippen LogP contribution in [0.1, 0.15) is 15.9 Å². The molecule has 0 radical (unpaired) electrons. The summed E-state index contributed by atoms with van der Waals surface area (Å²) in [6.45, 7) is 0.832. The molecule has 3 N–H and O–H groups in total. The first-order chi connectivity index (χ1) is 12.0. The number of benzene rings is 2. The number of ether oxygens (including phenoxy) is 1. The van der Waals surface area contributed by atoms with Crippen molar-refractivity contribution in [3.8, 4) is 17.0 Å². The summed E-state index contributed by atoms with van der Waals surface area (Å²) in [6, 6.07) is 11.4. The van der Waals surface area contributed by atoms with E-state index >= 15 is 0 Å². The highest BCUT2D eigenvalue weighted by molar-refractivity contribution is 5.97. The average Bonchev–Trinajstić information content (AvgIpc) is 3.02. The van der Waals surface area contributed by atoms with Crippen molar-refractivity contribution in [2.45, 2.75) is 6.42 Å². The molecular formula is C19H22N4O2. The molecule has 0 saturated heterocycles. The lowest BCUT2D eigenvalue weighted by Gasteiger charge is -2.13. The van der Waals surface area contributed by atoms with Gasteiger partial charge in [-0.1, -0.05) is 6.07 Å². The smallest absolute Gasteiger partial charge is 0.248 e. The van der Waals surface area contributed by atoms with E-state index in [0.29, 0.717) is 5.56 Å². The van der Waals surface area contributed by atoms with Crippen LogP contribution in [0.25, 0.3) is 22.2 Å². The van der Waals surface area contributed by atoms with Gasteiger partial charge in [-0.15, -0.1) is 0 Å². The Kier molecular flexibility index (Phi) is 4.72. The van der Waals surface area contributed by atoms with Crippen molar-refractivity contribution < 1.29 is 9.53 Å². The van der Waals surface area contributed by atoms with Gasteiger partial charge in [0.25, 0.3) is 0 Å². The standard InChI is InChI=1S/C19H22N4O2/c1-23(2)9-8-12-10-13(4-6-15(12)19(20)24)18-16-11-14(25-3)5-7-17(16)21-22-18/h4-7,10-11H,8-9H2,1-3H3,(H2,20,24)(H,21,22). The van der Waals surface area contributed by atoms with Crippen LogP contribution in [0.2, 0.25) is 0 Å². The lowest BCUT2D eigenvalue weighted by atomic mass is 9.98. The first-order valence-corrected chi connectivity index (χ1v) is 8.09. The second-order valence-electron chi connectivity index (χ2n) is 6.27. The average molecular weight is 338 g/mol. The molecule has 1 aromatic heterocycles. The van der Waals surface area contributed by atoms with Crippen molar-refractivity contribution in [3.05, 3.63) is 47.5 Å². The zero-order valence-electron chi connectivity index (χ0n) is 14.7. The minimum absolute atomic E-state index is 0.408. The first kappa shape index (κ1) is 17.0. The van der Waals surface area contributed by atoms with Gasteiger partial charge in [-0.3, -0.25) is 9.89 Å². The number of fused-ring (bicyclic) bond motifs is 1. The van der Waals surface area contributed by atoms with Gasteiger partial charge in [-0.05, 0) is 56.4 Å². The first-order valence-electron chi connectivity index (χ1n) is 8.09. The van der Waals surface area contributed by atoms with Crippen LogP contribution in [-0.4, -0.2) is 48.8 Å². The molecule has 0 fully saturated rings. The zero-order chi connectivity index (χ0) is 18.0. The van der Waals surface area contributed by atoms with Crippen LogP contribution in [0.5, 0.6) is 5.75 Å². The predicted molar refractivity (Wildman–Crippen MR) is 98.9 cm³/mol. The van der Waals surface area contributed by atoms with E-state index in [1.54, 1.807) is 13.2 Å². The molecule has 25 heavy (non-hydrogen) atoms. The highest BCUT2D eigenvalue weighted by Gasteiger charge is 2.14. The Morgan fingerprint density at radius 1 is 1.24 bits per heavy atom. The van der Waals surface area contributed by atoms with Crippen LogP contribution >= 0.6 is 0 Å². The van der Waals surface area contributed by atoms with E-state index in [2.05, 4.69) is 15.1 Å². The number of nitrogens with one attached hydrogen (secondary N) is 1. The maximum Gasteiger partial charge on any atom is 0.248 e. The van der Waals surface area contributed by atoms with Crippen LogP contribution in [0.3, 0.4) is 0 Å². The van der Waals surface area contributed by atoms with E-state index in [4.69, 9.17) is 10.5 Å². The van der Waals surface area contributed by atoms with Crippen LogP contribution in [0.15, 0.2) is 36.4 Å². The molecule has 130 valence electrons. The highest BCUT2D eigenvalue weighted by atomic mass is 16.5. The Balaban J connectivity index is 2.08. The minimum Gasteiger partial charge on any atom is -0.497 e. The van der Waals surface area contributed by atoms with Crippen molar-refractivity contribution in [2.24, 2.45) is 5.73 Å². The Labute approximate surface area is 146 Å². The molecule has 1 heterocycles. The van der Waals surface area contributed by atoms with Gasteiger partial charge < -0.3 is 15.4 Å². The number of hydrogen-bond acceptors (Lipinski definition) is 4. The predicted octanol–water partition coefficient (Wildman–Crippen LogP) is 2.44. The molecular weight excluding hydrogens is 316 g/mol. The third kappa shape index (κ3) is 3.49. The maximum absolute atomic E-state index is 11.7. The third-order valence-electron chi connectivity index (χ3n) is 4.24. The fourth-order valence-corrected chi connectivity index (χ4v) is 2.87.